The molecule has 0 bridgehead atoms. The van der Waals surface area contributed by atoms with Gasteiger partial charge in [0.25, 0.3) is 5.69 Å². The van der Waals surface area contributed by atoms with Gasteiger partial charge in [-0.05, 0) is 34.9 Å². The minimum atomic E-state index is -0.465. The molecule has 0 radical (unpaired) electrons. The summed E-state index contributed by atoms with van der Waals surface area (Å²) in [6, 6.07) is 10.4. The Morgan fingerprint density at radius 2 is 1.83 bits per heavy atom. The zero-order valence-corrected chi connectivity index (χ0v) is 9.47. The molecule has 0 atom stereocenters. The topological polar surface area (TPSA) is 69.2 Å². The van der Waals surface area contributed by atoms with Gasteiger partial charge in [-0.2, -0.15) is 0 Å². The van der Waals surface area contributed by atoms with Gasteiger partial charge in [0.2, 0.25) is 0 Å². The summed E-state index contributed by atoms with van der Waals surface area (Å²) in [5.74, 6) is -0.324. The molecular weight excluding hydrogens is 235 g/mol. The molecule has 0 aliphatic rings. The third kappa shape index (κ3) is 2.36. The first-order chi connectivity index (χ1) is 8.61. The van der Waals surface area contributed by atoms with Crippen LogP contribution in [0.1, 0.15) is 5.56 Å². The lowest BCUT2D eigenvalue weighted by molar-refractivity contribution is -0.384. The maximum Gasteiger partial charge on any atom is 0.269 e. The number of nitro benzene ring substituents is 1. The van der Waals surface area contributed by atoms with E-state index in [9.17, 15) is 14.5 Å². The van der Waals surface area contributed by atoms with Gasteiger partial charge in [-0.15, -0.1) is 0 Å². The highest BCUT2D eigenvalue weighted by molar-refractivity contribution is 5.69. The second-order valence-corrected chi connectivity index (χ2v) is 3.81. The minimum absolute atomic E-state index is 0.00121. The van der Waals surface area contributed by atoms with E-state index in [-0.39, 0.29) is 18.0 Å². The van der Waals surface area contributed by atoms with Crippen LogP contribution in [0.3, 0.4) is 0 Å². The Bertz CT molecular complexity index is 582. The van der Waals surface area contributed by atoms with E-state index in [1.807, 2.05) is 0 Å². The first-order valence-electron chi connectivity index (χ1n) is 5.35. The van der Waals surface area contributed by atoms with E-state index < -0.39 is 4.92 Å². The zero-order valence-electron chi connectivity index (χ0n) is 9.47. The van der Waals surface area contributed by atoms with Gasteiger partial charge in [0, 0.05) is 18.7 Å². The summed E-state index contributed by atoms with van der Waals surface area (Å²) in [5.41, 5.74) is 7.82. The van der Waals surface area contributed by atoms with Crippen LogP contribution >= 0.6 is 0 Å². The monoisotopic (exact) mass is 246 g/mol. The smallest absolute Gasteiger partial charge is 0.269 e. The van der Waals surface area contributed by atoms with Gasteiger partial charge in [0.05, 0.1) is 4.92 Å². The summed E-state index contributed by atoms with van der Waals surface area (Å²) >= 11 is 0. The third-order valence-corrected chi connectivity index (χ3v) is 2.67. The maximum absolute atomic E-state index is 12.8. The Hall–Kier alpha value is -2.27. The van der Waals surface area contributed by atoms with Crippen molar-refractivity contribution in [3.63, 3.8) is 0 Å². The molecule has 2 N–H and O–H groups in total. The summed E-state index contributed by atoms with van der Waals surface area (Å²) in [5, 5.41) is 10.7. The van der Waals surface area contributed by atoms with E-state index in [1.165, 1.54) is 24.3 Å². The summed E-state index contributed by atoms with van der Waals surface area (Å²) in [6.45, 7) is 0.189. The molecule has 0 aromatic heterocycles. The largest absolute Gasteiger partial charge is 0.326 e. The van der Waals surface area contributed by atoms with E-state index >= 15 is 0 Å². The lowest BCUT2D eigenvalue weighted by Gasteiger charge is -2.07. The van der Waals surface area contributed by atoms with Crippen LogP contribution < -0.4 is 5.73 Å². The molecule has 0 aliphatic heterocycles. The van der Waals surface area contributed by atoms with Crippen LogP contribution in [0.25, 0.3) is 11.1 Å². The van der Waals surface area contributed by atoms with Crippen LogP contribution in [0.15, 0.2) is 42.5 Å². The van der Waals surface area contributed by atoms with Crippen molar-refractivity contribution in [2.45, 2.75) is 6.54 Å². The van der Waals surface area contributed by atoms with E-state index in [4.69, 9.17) is 5.73 Å². The zero-order chi connectivity index (χ0) is 13.1. The van der Waals surface area contributed by atoms with Crippen LogP contribution in [-0.4, -0.2) is 4.92 Å². The molecule has 2 rings (SSSR count). The van der Waals surface area contributed by atoms with Crippen molar-refractivity contribution in [3.05, 3.63) is 64.0 Å². The number of nitro groups is 1. The number of hydrogen-bond acceptors (Lipinski definition) is 3. The van der Waals surface area contributed by atoms with E-state index in [1.54, 1.807) is 18.2 Å². The highest BCUT2D eigenvalue weighted by Crippen LogP contribution is 2.27. The summed E-state index contributed by atoms with van der Waals surface area (Å²) in [4.78, 5) is 10.2. The summed E-state index contributed by atoms with van der Waals surface area (Å²) in [6.07, 6.45) is 0. The van der Waals surface area contributed by atoms with Gasteiger partial charge in [0.15, 0.2) is 0 Å². The van der Waals surface area contributed by atoms with Crippen molar-refractivity contribution in [3.8, 4) is 11.1 Å². The molecule has 0 fully saturated rings. The Morgan fingerprint density at radius 3 is 2.39 bits per heavy atom. The highest BCUT2D eigenvalue weighted by Gasteiger charge is 2.11. The molecular formula is C13H11FN2O2. The molecule has 0 unspecified atom stereocenters. The lowest BCUT2D eigenvalue weighted by atomic mass is 9.99. The molecule has 92 valence electrons. The predicted molar refractivity (Wildman–Crippen MR) is 66.4 cm³/mol. The molecule has 0 saturated carbocycles. The fraction of sp³-hybridized carbons (Fsp3) is 0.0769. The summed E-state index contributed by atoms with van der Waals surface area (Å²) in [7, 11) is 0. The maximum atomic E-state index is 12.8. The third-order valence-electron chi connectivity index (χ3n) is 2.67. The van der Waals surface area contributed by atoms with Crippen molar-refractivity contribution >= 4 is 5.69 Å². The standard InChI is InChI=1S/C13H11FN2O2/c14-11-3-1-9(2-4-11)13-6-5-12(16(17)18)7-10(13)8-15/h1-7H,8,15H2. The Morgan fingerprint density at radius 1 is 1.17 bits per heavy atom. The molecule has 0 spiro atoms. The average molecular weight is 246 g/mol. The number of halogens is 1. The normalized spacial score (nSPS) is 10.3. The lowest BCUT2D eigenvalue weighted by Crippen LogP contribution is -2.00. The number of non-ortho nitro benzene ring substituents is 1. The summed E-state index contributed by atoms with van der Waals surface area (Å²) < 4.78 is 12.8. The molecule has 4 nitrogen and oxygen atoms in total. The molecule has 0 heterocycles. The van der Waals surface area contributed by atoms with Crippen molar-refractivity contribution in [1.82, 2.24) is 0 Å². The van der Waals surface area contributed by atoms with Crippen molar-refractivity contribution in [2.24, 2.45) is 5.73 Å². The van der Waals surface area contributed by atoms with Crippen LogP contribution in [0.2, 0.25) is 0 Å². The Kier molecular flexibility index (Phi) is 3.34. The van der Waals surface area contributed by atoms with Gasteiger partial charge in [-0.1, -0.05) is 12.1 Å². The molecule has 0 amide bonds. The van der Waals surface area contributed by atoms with Crippen LogP contribution in [-0.2, 0) is 6.54 Å². The SMILES string of the molecule is NCc1cc([N+](=O)[O-])ccc1-c1ccc(F)cc1. The fourth-order valence-electron chi connectivity index (χ4n) is 1.77. The quantitative estimate of drug-likeness (QED) is 0.668. The van der Waals surface area contributed by atoms with Gasteiger partial charge in [-0.25, -0.2) is 4.39 Å². The number of hydrogen-bond donors (Lipinski definition) is 1. The van der Waals surface area contributed by atoms with Gasteiger partial charge >= 0.3 is 0 Å². The fourth-order valence-corrected chi connectivity index (χ4v) is 1.77. The highest BCUT2D eigenvalue weighted by atomic mass is 19.1. The van der Waals surface area contributed by atoms with Gasteiger partial charge < -0.3 is 5.73 Å². The Balaban J connectivity index is 2.50. The van der Waals surface area contributed by atoms with Crippen LogP contribution in [0, 0.1) is 15.9 Å². The van der Waals surface area contributed by atoms with Crippen molar-refractivity contribution < 1.29 is 9.31 Å². The van der Waals surface area contributed by atoms with Crippen molar-refractivity contribution in [1.29, 1.82) is 0 Å². The molecule has 0 saturated heterocycles. The number of rotatable bonds is 3. The Labute approximate surface area is 103 Å². The molecule has 18 heavy (non-hydrogen) atoms. The first-order valence-corrected chi connectivity index (χ1v) is 5.35. The predicted octanol–water partition coefficient (Wildman–Crippen LogP) is 2.86. The minimum Gasteiger partial charge on any atom is -0.326 e. The number of nitrogens with two attached hydrogens (primary N) is 1. The average Bonchev–Trinajstić information content (AvgIpc) is 2.39. The number of nitrogens with zero attached hydrogens (tertiary/aromatic N) is 1. The van der Waals surface area contributed by atoms with Crippen LogP contribution in [0.4, 0.5) is 10.1 Å². The van der Waals surface area contributed by atoms with Gasteiger partial charge in [-0.3, -0.25) is 10.1 Å². The van der Waals surface area contributed by atoms with Crippen molar-refractivity contribution in [2.75, 3.05) is 0 Å². The second-order valence-electron chi connectivity index (χ2n) is 3.81. The van der Waals surface area contributed by atoms with E-state index in [2.05, 4.69) is 0 Å². The van der Waals surface area contributed by atoms with E-state index in [0.29, 0.717) is 5.56 Å². The molecule has 2 aromatic carbocycles. The first kappa shape index (κ1) is 12.2. The van der Waals surface area contributed by atoms with E-state index in [0.717, 1.165) is 11.1 Å². The second kappa shape index (κ2) is 4.93. The molecule has 0 aliphatic carbocycles. The molecule has 2 aromatic rings. The van der Waals surface area contributed by atoms with Gasteiger partial charge in [0.1, 0.15) is 5.82 Å². The molecule has 5 heteroatoms. The van der Waals surface area contributed by atoms with Crippen LogP contribution in [0.5, 0.6) is 0 Å². The number of benzene rings is 2.